The van der Waals surface area contributed by atoms with Crippen LogP contribution < -0.4 is 4.90 Å². The van der Waals surface area contributed by atoms with Crippen LogP contribution in [-0.4, -0.2) is 17.6 Å². The smallest absolute Gasteiger partial charge is 0.266 e. The molecule has 0 bridgehead atoms. The Labute approximate surface area is 211 Å². The first-order valence-corrected chi connectivity index (χ1v) is 12.5. The molecule has 0 unspecified atom stereocenters. The minimum atomic E-state index is -0.487. The molecule has 4 aromatic rings. The first-order valence-electron chi connectivity index (χ1n) is 10.2. The van der Waals surface area contributed by atoms with Crippen molar-refractivity contribution < 1.29 is 18.8 Å². The first-order chi connectivity index (χ1) is 16.4. The Hall–Kier alpha value is -3.13. The number of thiophene rings is 1. The molecule has 8 heteroatoms. The van der Waals surface area contributed by atoms with Crippen LogP contribution in [0.15, 0.2) is 72.8 Å². The number of halogens is 3. The summed E-state index contributed by atoms with van der Waals surface area (Å²) in [6.07, 6.45) is 0. The summed E-state index contributed by atoms with van der Waals surface area (Å²) in [4.78, 5) is 42.0. The molecule has 1 aliphatic heterocycles. The number of carbonyl (C=O) groups excluding carboxylic acids is 3. The molecule has 0 spiro atoms. The van der Waals surface area contributed by atoms with E-state index in [1.807, 2.05) is 0 Å². The summed E-state index contributed by atoms with van der Waals surface area (Å²) in [5.41, 5.74) is 2.48. The maximum absolute atomic E-state index is 13.7. The summed E-state index contributed by atoms with van der Waals surface area (Å²) < 4.78 is 13.6. The fraction of sp³-hybridized carbons (Fsp3) is 0.0385. The molecule has 1 aliphatic rings. The predicted octanol–water partition coefficient (Wildman–Crippen LogP) is 7.13. The van der Waals surface area contributed by atoms with Crippen molar-refractivity contribution in [3.63, 3.8) is 0 Å². The molecule has 0 radical (unpaired) electrons. The van der Waals surface area contributed by atoms with Gasteiger partial charge in [0.25, 0.3) is 11.8 Å². The lowest BCUT2D eigenvalue weighted by Crippen LogP contribution is -2.30. The number of rotatable bonds is 5. The summed E-state index contributed by atoms with van der Waals surface area (Å²) in [6, 6.07) is 18.9. The quantitative estimate of drug-likeness (QED) is 0.150. The van der Waals surface area contributed by atoms with Crippen LogP contribution in [0.4, 0.5) is 9.39 Å². The zero-order valence-corrected chi connectivity index (χ0v) is 20.5. The summed E-state index contributed by atoms with van der Waals surface area (Å²) in [7, 11) is 0. The molecule has 0 aliphatic carbocycles. The average Bonchev–Trinajstić information content (AvgIpc) is 3.34. The van der Waals surface area contributed by atoms with Gasteiger partial charge in [0.15, 0.2) is 5.78 Å². The number of benzene rings is 3. The highest BCUT2D eigenvalue weighted by molar-refractivity contribution is 9.08. The van der Waals surface area contributed by atoms with Crippen molar-refractivity contribution in [2.75, 3.05) is 4.90 Å². The van der Waals surface area contributed by atoms with Gasteiger partial charge in [0.05, 0.1) is 16.7 Å². The number of nitrogens with zero attached hydrogens (tertiary/aromatic N) is 1. The number of fused-ring (bicyclic) bond motifs is 1. The van der Waals surface area contributed by atoms with Gasteiger partial charge in [-0.2, -0.15) is 0 Å². The van der Waals surface area contributed by atoms with Crippen LogP contribution in [0.3, 0.4) is 0 Å². The van der Waals surface area contributed by atoms with Crippen molar-refractivity contribution in [2.45, 2.75) is 5.33 Å². The highest BCUT2D eigenvalue weighted by atomic mass is 79.9. The second-order valence-electron chi connectivity index (χ2n) is 7.56. The number of ketones is 1. The van der Waals surface area contributed by atoms with E-state index in [1.165, 1.54) is 12.1 Å². The van der Waals surface area contributed by atoms with E-state index in [2.05, 4.69) is 15.9 Å². The molecule has 4 nitrogen and oxygen atoms in total. The van der Waals surface area contributed by atoms with Crippen molar-refractivity contribution >= 4 is 61.5 Å². The number of anilines is 1. The highest BCUT2D eigenvalue weighted by Gasteiger charge is 2.40. The summed E-state index contributed by atoms with van der Waals surface area (Å²) in [5.74, 6) is -1.71. The van der Waals surface area contributed by atoms with Gasteiger partial charge in [-0.25, -0.2) is 9.29 Å². The lowest BCUT2D eigenvalue weighted by atomic mass is 9.99. The van der Waals surface area contributed by atoms with Gasteiger partial charge < -0.3 is 0 Å². The van der Waals surface area contributed by atoms with E-state index < -0.39 is 17.6 Å². The maximum atomic E-state index is 13.7. The fourth-order valence-electron chi connectivity index (χ4n) is 3.92. The molecule has 1 aromatic heterocycles. The average molecular weight is 555 g/mol. The molecule has 34 heavy (non-hydrogen) atoms. The minimum absolute atomic E-state index is 0.236. The van der Waals surface area contributed by atoms with Crippen LogP contribution >= 0.6 is 38.9 Å². The van der Waals surface area contributed by atoms with Crippen LogP contribution in [0.25, 0.3) is 10.4 Å². The fourth-order valence-corrected chi connectivity index (χ4v) is 6.12. The van der Waals surface area contributed by atoms with Gasteiger partial charge in [-0.05, 0) is 59.7 Å². The molecule has 2 amide bonds. The first kappa shape index (κ1) is 22.7. The molecule has 0 atom stereocenters. The van der Waals surface area contributed by atoms with Crippen LogP contribution in [0.2, 0.25) is 5.02 Å². The molecular formula is C26H14BrClFNO3S. The van der Waals surface area contributed by atoms with Gasteiger partial charge in [0, 0.05) is 20.8 Å². The van der Waals surface area contributed by atoms with Crippen LogP contribution in [0.1, 0.15) is 42.2 Å². The molecular weight excluding hydrogens is 541 g/mol. The zero-order valence-electron chi connectivity index (χ0n) is 17.3. The number of hydrogen-bond acceptors (Lipinski definition) is 4. The van der Waals surface area contributed by atoms with Crippen LogP contribution in [0, 0.1) is 5.82 Å². The number of imide groups is 1. The van der Waals surface area contributed by atoms with E-state index in [4.69, 9.17) is 11.6 Å². The Kier molecular flexibility index (Phi) is 5.93. The van der Waals surface area contributed by atoms with E-state index in [0.29, 0.717) is 26.6 Å². The minimum Gasteiger partial charge on any atom is -0.288 e. The third-order valence-corrected chi connectivity index (χ3v) is 7.64. The Morgan fingerprint density at radius 2 is 1.50 bits per heavy atom. The second-order valence-corrected chi connectivity index (χ2v) is 9.55. The third kappa shape index (κ3) is 3.70. The topological polar surface area (TPSA) is 54.5 Å². The van der Waals surface area contributed by atoms with Gasteiger partial charge >= 0.3 is 0 Å². The third-order valence-electron chi connectivity index (χ3n) is 5.56. The second kappa shape index (κ2) is 8.91. The van der Waals surface area contributed by atoms with Crippen molar-refractivity contribution in [2.24, 2.45) is 0 Å². The normalized spacial score (nSPS) is 12.9. The van der Waals surface area contributed by atoms with E-state index in [9.17, 15) is 18.8 Å². The van der Waals surface area contributed by atoms with Crippen LogP contribution in [0.5, 0.6) is 0 Å². The van der Waals surface area contributed by atoms with Gasteiger partial charge in [0.2, 0.25) is 0 Å². The Bertz CT molecular complexity index is 1430. The lowest BCUT2D eigenvalue weighted by Gasteiger charge is -2.14. The number of amides is 2. The largest absolute Gasteiger partial charge is 0.288 e. The van der Waals surface area contributed by atoms with Crippen molar-refractivity contribution in [1.29, 1.82) is 0 Å². The maximum Gasteiger partial charge on any atom is 0.266 e. The van der Waals surface area contributed by atoms with E-state index >= 15 is 0 Å². The van der Waals surface area contributed by atoms with Gasteiger partial charge in [-0.15, -0.1) is 11.3 Å². The number of alkyl halides is 1. The van der Waals surface area contributed by atoms with E-state index in [1.54, 1.807) is 60.7 Å². The summed E-state index contributed by atoms with van der Waals surface area (Å²) in [5, 5.41) is 1.00. The lowest BCUT2D eigenvalue weighted by molar-refractivity contribution is 0.0927. The highest BCUT2D eigenvalue weighted by Crippen LogP contribution is 2.46. The zero-order chi connectivity index (χ0) is 24.0. The molecule has 3 aromatic carbocycles. The van der Waals surface area contributed by atoms with Gasteiger partial charge in [-0.3, -0.25) is 14.4 Å². The molecule has 5 rings (SSSR count). The molecule has 0 N–H and O–H groups in total. The number of carbonyl (C=O) groups is 3. The summed E-state index contributed by atoms with van der Waals surface area (Å²) in [6.45, 7) is 0. The Morgan fingerprint density at radius 3 is 2.06 bits per heavy atom. The van der Waals surface area contributed by atoms with Crippen molar-refractivity contribution in [3.05, 3.63) is 111 Å². The van der Waals surface area contributed by atoms with E-state index in [0.717, 1.165) is 16.2 Å². The summed E-state index contributed by atoms with van der Waals surface area (Å²) >= 11 is 10.6. The predicted molar refractivity (Wildman–Crippen MR) is 135 cm³/mol. The molecule has 0 saturated heterocycles. The number of hydrogen-bond donors (Lipinski definition) is 0. The van der Waals surface area contributed by atoms with Crippen LogP contribution in [-0.2, 0) is 5.33 Å². The van der Waals surface area contributed by atoms with Gasteiger partial charge in [0.1, 0.15) is 10.8 Å². The molecule has 2 heterocycles. The standard InChI is InChI=1S/C26H14BrClFNO3S/c27-13-20-21(22(31)14-5-9-16(28)10-6-14)26(34-23(20)15-7-11-17(29)12-8-15)30-24(32)18-3-1-2-4-19(18)25(30)33/h1-12H,13H2. The molecule has 168 valence electrons. The van der Waals surface area contributed by atoms with Crippen molar-refractivity contribution in [3.8, 4) is 10.4 Å². The Morgan fingerprint density at radius 1 is 0.912 bits per heavy atom. The van der Waals surface area contributed by atoms with E-state index in [-0.39, 0.29) is 32.8 Å². The monoisotopic (exact) mass is 553 g/mol. The Balaban J connectivity index is 1.74. The van der Waals surface area contributed by atoms with Crippen molar-refractivity contribution in [1.82, 2.24) is 0 Å². The van der Waals surface area contributed by atoms with Gasteiger partial charge in [-0.1, -0.05) is 51.8 Å². The molecule has 0 saturated carbocycles. The SMILES string of the molecule is O=C(c1ccc(Cl)cc1)c1c(N2C(=O)c3ccccc3C2=O)sc(-c2ccc(F)cc2)c1CBr. The molecule has 0 fully saturated rings.